The monoisotopic (exact) mass is 355 g/mol. The van der Waals surface area contributed by atoms with E-state index < -0.39 is 0 Å². The Bertz CT molecular complexity index is 818. The van der Waals surface area contributed by atoms with Crippen LogP contribution in [0.1, 0.15) is 24.0 Å². The van der Waals surface area contributed by atoms with Gasteiger partial charge in [-0.1, -0.05) is 12.1 Å². The zero-order chi connectivity index (χ0) is 18.9. The maximum absolute atomic E-state index is 11.9. The van der Waals surface area contributed by atoms with Crippen LogP contribution in [0.4, 0.5) is 5.69 Å². The first kappa shape index (κ1) is 19.0. The Morgan fingerprint density at radius 2 is 1.92 bits per heavy atom. The molecule has 7 heteroatoms. The molecular weight excluding hydrogens is 334 g/mol. The number of amides is 2. The van der Waals surface area contributed by atoms with Gasteiger partial charge in [0.05, 0.1) is 13.3 Å². The molecular formula is C19H21N3O4. The highest BCUT2D eigenvalue weighted by atomic mass is 16.5. The molecule has 0 atom stereocenters. The summed E-state index contributed by atoms with van der Waals surface area (Å²) in [5.74, 6) is -0.272. The molecule has 3 N–H and O–H groups in total. The summed E-state index contributed by atoms with van der Waals surface area (Å²) in [4.78, 5) is 23.6. The van der Waals surface area contributed by atoms with Crippen LogP contribution in [0.3, 0.4) is 0 Å². The first-order chi connectivity index (χ1) is 12.5. The number of nitrogens with one attached hydrogen (secondary N) is 2. The van der Waals surface area contributed by atoms with Crippen LogP contribution in [0.5, 0.6) is 11.5 Å². The number of rotatable bonds is 7. The lowest BCUT2D eigenvalue weighted by molar-refractivity contribution is -0.124. The average Bonchev–Trinajstić information content (AvgIpc) is 2.61. The Labute approximate surface area is 151 Å². The summed E-state index contributed by atoms with van der Waals surface area (Å²) >= 11 is 0. The number of anilines is 1. The minimum atomic E-state index is -0.369. The van der Waals surface area contributed by atoms with E-state index in [1.54, 1.807) is 18.2 Å². The topological polar surface area (TPSA) is 100 Å². The van der Waals surface area contributed by atoms with E-state index in [2.05, 4.69) is 15.8 Å². The third-order valence-corrected chi connectivity index (χ3v) is 3.49. The summed E-state index contributed by atoms with van der Waals surface area (Å²) in [5, 5.41) is 16.1. The molecule has 0 bridgehead atoms. The Morgan fingerprint density at radius 1 is 1.15 bits per heavy atom. The van der Waals surface area contributed by atoms with Crippen molar-refractivity contribution in [3.63, 3.8) is 0 Å². The molecule has 136 valence electrons. The molecule has 0 aliphatic carbocycles. The lowest BCUT2D eigenvalue weighted by Crippen LogP contribution is -2.20. The molecule has 0 unspecified atom stereocenters. The number of ether oxygens (including phenoxy) is 1. The number of nitrogens with zero attached hydrogens (tertiary/aromatic N) is 1. The van der Waals surface area contributed by atoms with E-state index in [0.717, 1.165) is 5.56 Å². The fourth-order valence-corrected chi connectivity index (χ4v) is 2.18. The SMILES string of the molecule is COc1cc(/C=N\NC(=O)CCC(=O)Nc2cccc(C)c2)ccc1O. The van der Waals surface area contributed by atoms with Crippen molar-refractivity contribution in [3.05, 3.63) is 53.6 Å². The van der Waals surface area contributed by atoms with Crippen molar-refractivity contribution in [1.82, 2.24) is 5.43 Å². The average molecular weight is 355 g/mol. The molecule has 0 fully saturated rings. The molecule has 0 aliphatic rings. The van der Waals surface area contributed by atoms with Gasteiger partial charge in [-0.2, -0.15) is 5.10 Å². The zero-order valence-corrected chi connectivity index (χ0v) is 14.7. The van der Waals surface area contributed by atoms with Gasteiger partial charge < -0.3 is 15.2 Å². The number of aromatic hydroxyl groups is 1. The molecule has 26 heavy (non-hydrogen) atoms. The van der Waals surface area contributed by atoms with Gasteiger partial charge in [-0.15, -0.1) is 0 Å². The van der Waals surface area contributed by atoms with Crippen LogP contribution in [-0.4, -0.2) is 30.2 Å². The highest BCUT2D eigenvalue weighted by molar-refractivity contribution is 5.93. The Balaban J connectivity index is 1.77. The molecule has 2 amide bonds. The maximum Gasteiger partial charge on any atom is 0.240 e. The molecule has 2 aromatic rings. The molecule has 0 aliphatic heterocycles. The molecule has 0 radical (unpaired) electrons. The smallest absolute Gasteiger partial charge is 0.240 e. The van der Waals surface area contributed by atoms with E-state index in [1.165, 1.54) is 19.4 Å². The number of benzene rings is 2. The maximum atomic E-state index is 11.9. The summed E-state index contributed by atoms with van der Waals surface area (Å²) in [6.45, 7) is 1.94. The number of carbonyl (C=O) groups excluding carboxylic acids is 2. The minimum Gasteiger partial charge on any atom is -0.504 e. The molecule has 2 aromatic carbocycles. The van der Waals surface area contributed by atoms with Crippen LogP contribution in [0.25, 0.3) is 0 Å². The molecule has 0 aromatic heterocycles. The largest absolute Gasteiger partial charge is 0.504 e. The van der Waals surface area contributed by atoms with Crippen molar-refractivity contribution in [1.29, 1.82) is 0 Å². The minimum absolute atomic E-state index is 0.0216. The van der Waals surface area contributed by atoms with Crippen LogP contribution < -0.4 is 15.5 Å². The summed E-state index contributed by atoms with van der Waals surface area (Å²) in [6.07, 6.45) is 1.50. The van der Waals surface area contributed by atoms with Gasteiger partial charge in [-0.3, -0.25) is 9.59 Å². The van der Waals surface area contributed by atoms with Crippen molar-refractivity contribution < 1.29 is 19.4 Å². The number of aryl methyl sites for hydroxylation is 1. The van der Waals surface area contributed by atoms with Gasteiger partial charge >= 0.3 is 0 Å². The second-order valence-corrected chi connectivity index (χ2v) is 5.64. The standard InChI is InChI=1S/C19H21N3O4/c1-13-4-3-5-15(10-13)21-18(24)8-9-19(25)22-20-12-14-6-7-16(23)17(11-14)26-2/h3-7,10-12,23H,8-9H2,1-2H3,(H,21,24)(H,22,25)/b20-12-. The second kappa shape index (κ2) is 9.22. The first-order valence-corrected chi connectivity index (χ1v) is 8.03. The van der Waals surface area contributed by atoms with Crippen LogP contribution >= 0.6 is 0 Å². The highest BCUT2D eigenvalue weighted by Crippen LogP contribution is 2.25. The van der Waals surface area contributed by atoms with E-state index in [4.69, 9.17) is 4.74 Å². The van der Waals surface area contributed by atoms with E-state index in [-0.39, 0.29) is 30.4 Å². The molecule has 7 nitrogen and oxygen atoms in total. The second-order valence-electron chi connectivity index (χ2n) is 5.64. The number of phenolic OH excluding ortho intramolecular Hbond substituents is 1. The first-order valence-electron chi connectivity index (χ1n) is 8.03. The number of carbonyl (C=O) groups is 2. The Kier molecular flexibility index (Phi) is 6.73. The van der Waals surface area contributed by atoms with Crippen LogP contribution in [0.2, 0.25) is 0 Å². The third-order valence-electron chi connectivity index (χ3n) is 3.49. The summed E-state index contributed by atoms with van der Waals surface area (Å²) in [7, 11) is 1.44. The third kappa shape index (κ3) is 5.94. The molecule has 0 saturated carbocycles. The molecule has 0 heterocycles. The molecule has 0 saturated heterocycles. The number of methoxy groups -OCH3 is 1. The fourth-order valence-electron chi connectivity index (χ4n) is 2.18. The van der Waals surface area contributed by atoms with Crippen molar-refractivity contribution in [2.24, 2.45) is 5.10 Å². The van der Waals surface area contributed by atoms with Crippen LogP contribution in [0, 0.1) is 6.92 Å². The van der Waals surface area contributed by atoms with Crippen molar-refractivity contribution in [3.8, 4) is 11.5 Å². The Hall–Kier alpha value is -3.35. The lowest BCUT2D eigenvalue weighted by atomic mass is 10.2. The number of hydrogen-bond acceptors (Lipinski definition) is 5. The van der Waals surface area contributed by atoms with Gasteiger partial charge in [0.25, 0.3) is 0 Å². The number of phenols is 1. The summed E-state index contributed by atoms with van der Waals surface area (Å²) in [6, 6.07) is 12.1. The number of hydrogen-bond donors (Lipinski definition) is 3. The van der Waals surface area contributed by atoms with Crippen molar-refractivity contribution in [2.75, 3.05) is 12.4 Å². The molecule has 2 rings (SSSR count). The van der Waals surface area contributed by atoms with E-state index in [0.29, 0.717) is 17.0 Å². The summed E-state index contributed by atoms with van der Waals surface area (Å²) in [5.41, 5.74) is 4.75. The van der Waals surface area contributed by atoms with Crippen LogP contribution in [-0.2, 0) is 9.59 Å². The van der Waals surface area contributed by atoms with Gasteiger partial charge in [-0.05, 0) is 48.4 Å². The van der Waals surface area contributed by atoms with E-state index in [9.17, 15) is 14.7 Å². The fraction of sp³-hybridized carbons (Fsp3) is 0.211. The number of hydrazone groups is 1. The van der Waals surface area contributed by atoms with Gasteiger partial charge in [-0.25, -0.2) is 5.43 Å². The van der Waals surface area contributed by atoms with Crippen molar-refractivity contribution >= 4 is 23.7 Å². The van der Waals surface area contributed by atoms with E-state index >= 15 is 0 Å². The van der Waals surface area contributed by atoms with Gasteiger partial charge in [0.1, 0.15) is 0 Å². The zero-order valence-electron chi connectivity index (χ0n) is 14.7. The normalized spacial score (nSPS) is 10.5. The lowest BCUT2D eigenvalue weighted by Gasteiger charge is -2.05. The van der Waals surface area contributed by atoms with Crippen molar-refractivity contribution in [2.45, 2.75) is 19.8 Å². The molecule has 0 spiro atoms. The Morgan fingerprint density at radius 3 is 2.65 bits per heavy atom. The van der Waals surface area contributed by atoms with Gasteiger partial charge in [0.2, 0.25) is 11.8 Å². The van der Waals surface area contributed by atoms with E-state index in [1.807, 2.05) is 25.1 Å². The van der Waals surface area contributed by atoms with Gasteiger partial charge in [0, 0.05) is 18.5 Å². The van der Waals surface area contributed by atoms with Gasteiger partial charge in [0.15, 0.2) is 11.5 Å². The van der Waals surface area contributed by atoms with Crippen LogP contribution in [0.15, 0.2) is 47.6 Å². The quantitative estimate of drug-likeness (QED) is 0.525. The summed E-state index contributed by atoms with van der Waals surface area (Å²) < 4.78 is 4.99. The highest BCUT2D eigenvalue weighted by Gasteiger charge is 2.07. The predicted molar refractivity (Wildman–Crippen MR) is 99.4 cm³/mol. The predicted octanol–water partition coefficient (Wildman–Crippen LogP) is 2.58.